The molecule has 0 spiro atoms. The Kier molecular flexibility index (Phi) is 5.81. The minimum absolute atomic E-state index is 0.430. The topological polar surface area (TPSA) is 28.7 Å². The molecule has 0 radical (unpaired) electrons. The molecule has 0 aromatic carbocycles. The van der Waals surface area contributed by atoms with Crippen LogP contribution in [0.2, 0.25) is 0 Å². The second-order valence-corrected chi connectivity index (χ2v) is 9.10. The Balaban J connectivity index is 2.35. The van der Waals surface area contributed by atoms with Crippen molar-refractivity contribution in [3.05, 3.63) is 20.6 Å². The first-order valence-electron chi connectivity index (χ1n) is 6.50. The van der Waals surface area contributed by atoms with E-state index in [2.05, 4.69) is 46.7 Å². The van der Waals surface area contributed by atoms with Gasteiger partial charge in [0.25, 0.3) is 0 Å². The first-order valence-corrected chi connectivity index (χ1v) is 9.80. The summed E-state index contributed by atoms with van der Waals surface area (Å²) < 4.78 is 1.65. The first kappa shape index (κ1) is 15.9. The minimum atomic E-state index is 0.430. The van der Waals surface area contributed by atoms with Gasteiger partial charge in [-0.05, 0) is 28.3 Å². The van der Waals surface area contributed by atoms with Crippen molar-refractivity contribution in [3.8, 4) is 0 Å². The summed E-state index contributed by atoms with van der Waals surface area (Å²) in [5, 5.41) is 1.02. The SMILES string of the molecule is CC(C)Cc1[nH]c(C2SCCSC2C)nc(=S)c1Br. The lowest BCUT2D eigenvalue weighted by Gasteiger charge is -2.27. The normalized spacial score (nSPS) is 23.8. The molecule has 106 valence electrons. The van der Waals surface area contributed by atoms with Gasteiger partial charge in [0.2, 0.25) is 0 Å². The van der Waals surface area contributed by atoms with Crippen molar-refractivity contribution in [1.29, 1.82) is 0 Å². The molecule has 1 aliphatic heterocycles. The van der Waals surface area contributed by atoms with Crippen LogP contribution < -0.4 is 0 Å². The van der Waals surface area contributed by atoms with E-state index in [0.29, 0.717) is 21.1 Å². The van der Waals surface area contributed by atoms with Crippen LogP contribution in [-0.2, 0) is 6.42 Å². The van der Waals surface area contributed by atoms with Crippen molar-refractivity contribution in [1.82, 2.24) is 9.97 Å². The van der Waals surface area contributed by atoms with Gasteiger partial charge in [-0.2, -0.15) is 11.8 Å². The van der Waals surface area contributed by atoms with Crippen molar-refractivity contribution in [2.45, 2.75) is 37.7 Å². The molecule has 2 atom stereocenters. The van der Waals surface area contributed by atoms with Crippen molar-refractivity contribution < 1.29 is 0 Å². The zero-order chi connectivity index (χ0) is 14.0. The van der Waals surface area contributed by atoms with Crippen LogP contribution in [0.3, 0.4) is 0 Å². The molecule has 2 heterocycles. The number of halogens is 1. The van der Waals surface area contributed by atoms with Crippen LogP contribution >= 0.6 is 51.7 Å². The highest BCUT2D eigenvalue weighted by Crippen LogP contribution is 2.41. The third kappa shape index (κ3) is 3.99. The van der Waals surface area contributed by atoms with E-state index in [4.69, 9.17) is 12.2 Å². The molecule has 1 saturated heterocycles. The summed E-state index contributed by atoms with van der Waals surface area (Å²) in [6.07, 6.45) is 0.999. The summed E-state index contributed by atoms with van der Waals surface area (Å²) in [5.74, 6) is 4.08. The van der Waals surface area contributed by atoms with E-state index in [-0.39, 0.29) is 0 Å². The lowest BCUT2D eigenvalue weighted by Crippen LogP contribution is -2.19. The molecule has 2 rings (SSSR count). The summed E-state index contributed by atoms with van der Waals surface area (Å²) >= 11 is 13.0. The van der Waals surface area contributed by atoms with Gasteiger partial charge in [0.1, 0.15) is 10.5 Å². The average Bonchev–Trinajstić information content (AvgIpc) is 2.35. The molecule has 0 aliphatic carbocycles. The van der Waals surface area contributed by atoms with Crippen molar-refractivity contribution in [2.75, 3.05) is 11.5 Å². The Morgan fingerprint density at radius 3 is 2.74 bits per heavy atom. The second-order valence-electron chi connectivity index (χ2n) is 5.19. The Bertz CT molecular complexity index is 501. The van der Waals surface area contributed by atoms with E-state index in [9.17, 15) is 0 Å². The number of nitrogens with zero attached hydrogens (tertiary/aromatic N) is 1. The number of nitrogens with one attached hydrogen (secondary N) is 1. The zero-order valence-electron chi connectivity index (χ0n) is 11.4. The lowest BCUT2D eigenvalue weighted by atomic mass is 10.1. The molecule has 0 amide bonds. The predicted molar refractivity (Wildman–Crippen MR) is 92.8 cm³/mol. The summed E-state index contributed by atoms with van der Waals surface area (Å²) in [7, 11) is 0. The van der Waals surface area contributed by atoms with Gasteiger partial charge in [-0.25, -0.2) is 4.98 Å². The van der Waals surface area contributed by atoms with E-state index in [1.54, 1.807) is 0 Å². The number of hydrogen-bond donors (Lipinski definition) is 1. The van der Waals surface area contributed by atoms with Gasteiger partial charge in [-0.15, -0.1) is 11.8 Å². The van der Waals surface area contributed by atoms with Gasteiger partial charge in [-0.3, -0.25) is 0 Å². The summed E-state index contributed by atoms with van der Waals surface area (Å²) in [6.45, 7) is 6.72. The smallest absolute Gasteiger partial charge is 0.144 e. The number of hydrogen-bond acceptors (Lipinski definition) is 4. The highest BCUT2D eigenvalue weighted by molar-refractivity contribution is 9.10. The molecule has 2 unspecified atom stereocenters. The molecule has 6 heteroatoms. The summed E-state index contributed by atoms with van der Waals surface area (Å²) in [6, 6.07) is 0. The van der Waals surface area contributed by atoms with Crippen LogP contribution in [0, 0.1) is 10.6 Å². The van der Waals surface area contributed by atoms with Crippen molar-refractivity contribution in [3.63, 3.8) is 0 Å². The fourth-order valence-electron chi connectivity index (χ4n) is 2.14. The van der Waals surface area contributed by atoms with Crippen molar-refractivity contribution >= 4 is 51.7 Å². The first-order chi connectivity index (χ1) is 8.99. The quantitative estimate of drug-likeness (QED) is 0.748. The fraction of sp³-hybridized carbons (Fsp3) is 0.692. The van der Waals surface area contributed by atoms with Gasteiger partial charge >= 0.3 is 0 Å². The molecule has 1 aliphatic rings. The Labute approximate surface area is 137 Å². The fourth-order valence-corrected chi connectivity index (χ4v) is 5.42. The molecular weight excluding hydrogens is 360 g/mol. The summed E-state index contributed by atoms with van der Waals surface area (Å²) in [5.41, 5.74) is 1.19. The third-order valence-corrected chi connectivity index (χ3v) is 7.53. The van der Waals surface area contributed by atoms with Crippen LogP contribution in [0.1, 0.15) is 37.5 Å². The standard InChI is InChI=1S/C13H19BrN2S3/c1-7(2)6-9-10(14)13(17)16-12(15-9)11-8(3)18-4-5-19-11/h7-8,11H,4-6H2,1-3H3,(H,15,16,17). The van der Waals surface area contributed by atoms with Crippen LogP contribution in [0.5, 0.6) is 0 Å². The lowest BCUT2D eigenvalue weighted by molar-refractivity contribution is 0.625. The number of aromatic amines is 1. The van der Waals surface area contributed by atoms with Crippen LogP contribution in [-0.4, -0.2) is 26.7 Å². The molecule has 1 aromatic rings. The van der Waals surface area contributed by atoms with Gasteiger partial charge in [0, 0.05) is 22.4 Å². The highest BCUT2D eigenvalue weighted by atomic mass is 79.9. The minimum Gasteiger partial charge on any atom is -0.345 e. The maximum absolute atomic E-state index is 5.40. The Hall–Kier alpha value is 0.480. The van der Waals surface area contributed by atoms with Gasteiger partial charge < -0.3 is 4.98 Å². The molecule has 1 N–H and O–H groups in total. The molecule has 0 saturated carbocycles. The molecule has 1 aromatic heterocycles. The Morgan fingerprint density at radius 1 is 1.42 bits per heavy atom. The molecular formula is C13H19BrN2S3. The predicted octanol–water partition coefficient (Wildman–Crippen LogP) is 5.01. The number of aromatic nitrogens is 2. The van der Waals surface area contributed by atoms with E-state index in [1.807, 2.05) is 23.5 Å². The number of rotatable bonds is 3. The van der Waals surface area contributed by atoms with Crippen molar-refractivity contribution in [2.24, 2.45) is 5.92 Å². The zero-order valence-corrected chi connectivity index (χ0v) is 15.4. The molecule has 1 fully saturated rings. The third-order valence-electron chi connectivity index (χ3n) is 3.02. The van der Waals surface area contributed by atoms with Gasteiger partial charge in [0.15, 0.2) is 0 Å². The highest BCUT2D eigenvalue weighted by Gasteiger charge is 2.26. The van der Waals surface area contributed by atoms with E-state index in [0.717, 1.165) is 16.7 Å². The average molecular weight is 379 g/mol. The van der Waals surface area contributed by atoms with Gasteiger partial charge in [-0.1, -0.05) is 33.0 Å². The summed E-state index contributed by atoms with van der Waals surface area (Å²) in [4.78, 5) is 8.12. The van der Waals surface area contributed by atoms with Gasteiger partial charge in [0.05, 0.1) is 9.72 Å². The van der Waals surface area contributed by atoms with Crippen LogP contribution in [0.25, 0.3) is 0 Å². The molecule has 19 heavy (non-hydrogen) atoms. The van der Waals surface area contributed by atoms with E-state index in [1.165, 1.54) is 17.2 Å². The maximum Gasteiger partial charge on any atom is 0.144 e. The molecule has 0 bridgehead atoms. The monoisotopic (exact) mass is 378 g/mol. The van der Waals surface area contributed by atoms with E-state index >= 15 is 0 Å². The van der Waals surface area contributed by atoms with Crippen LogP contribution in [0.4, 0.5) is 0 Å². The second kappa shape index (κ2) is 6.96. The molecule has 2 nitrogen and oxygen atoms in total. The largest absolute Gasteiger partial charge is 0.345 e. The maximum atomic E-state index is 5.40. The van der Waals surface area contributed by atoms with Crippen LogP contribution in [0.15, 0.2) is 4.47 Å². The number of H-pyrrole nitrogens is 1. The Morgan fingerprint density at radius 2 is 2.11 bits per heavy atom. The number of thioether (sulfide) groups is 2. The van der Waals surface area contributed by atoms with E-state index < -0.39 is 0 Å².